The van der Waals surface area contributed by atoms with Gasteiger partial charge in [0.05, 0.1) is 17.7 Å². The maximum Gasteiger partial charge on any atom is 0.264 e. The molecule has 0 unspecified atom stereocenters. The number of nitrogens with one attached hydrogen (secondary N) is 1. The number of methoxy groups -OCH3 is 1. The summed E-state index contributed by atoms with van der Waals surface area (Å²) in [4.78, 5) is 29.7. The Morgan fingerprint density at radius 1 is 0.826 bits per heavy atom. The molecule has 4 aromatic carbocycles. The van der Waals surface area contributed by atoms with Crippen LogP contribution in [0.3, 0.4) is 0 Å². The van der Waals surface area contributed by atoms with E-state index in [0.717, 1.165) is 15.4 Å². The minimum absolute atomic E-state index is 0.0363. The van der Waals surface area contributed by atoms with E-state index in [9.17, 15) is 18.0 Å². The predicted octanol–water partition coefficient (Wildman–Crippen LogP) is 6.61. The number of ether oxygens (including phenoxy) is 1. The number of halogens is 2. The second-order valence-corrected chi connectivity index (χ2v) is 13.9. The molecule has 0 saturated carbocycles. The van der Waals surface area contributed by atoms with E-state index in [4.69, 9.17) is 27.9 Å². The summed E-state index contributed by atoms with van der Waals surface area (Å²) in [5.74, 6) is -0.260. The molecule has 0 spiro atoms. The van der Waals surface area contributed by atoms with E-state index < -0.39 is 28.5 Å². The molecule has 0 aliphatic carbocycles. The number of carbonyl (C=O) groups is 2. The number of hydrogen-bond acceptors (Lipinski definition) is 5. The molecule has 4 rings (SSSR count). The van der Waals surface area contributed by atoms with E-state index in [1.165, 1.54) is 42.3 Å². The Kier molecular flexibility index (Phi) is 12.1. The molecule has 0 aromatic heterocycles. The van der Waals surface area contributed by atoms with Gasteiger partial charge in [-0.15, -0.1) is 0 Å². The normalized spacial score (nSPS) is 12.0. The third-order valence-electron chi connectivity index (χ3n) is 7.24. The van der Waals surface area contributed by atoms with Gasteiger partial charge in [-0.1, -0.05) is 85.6 Å². The minimum Gasteiger partial charge on any atom is -0.497 e. The van der Waals surface area contributed by atoms with E-state index in [1.807, 2.05) is 44.2 Å². The van der Waals surface area contributed by atoms with Crippen LogP contribution in [0.5, 0.6) is 5.75 Å². The standard InChI is InChI=1S/C35H37Cl2N3O5S/c1-25(2)22-38-35(42)33(20-26-8-5-4-6-9-26)39(23-27-12-14-28(36)15-13-27)34(41)24-40(30-11-7-10-29(37)21-30)46(43,44)32-18-16-31(45-3)17-19-32/h4-19,21,25,33H,20,22-24H2,1-3H3,(H,38,42)/t33-/m0/s1. The van der Waals surface area contributed by atoms with Crippen LogP contribution in [0.4, 0.5) is 5.69 Å². The molecule has 1 N–H and O–H groups in total. The van der Waals surface area contributed by atoms with Gasteiger partial charge in [0.1, 0.15) is 18.3 Å². The molecule has 0 saturated heterocycles. The number of rotatable bonds is 14. The van der Waals surface area contributed by atoms with Gasteiger partial charge in [0.15, 0.2) is 0 Å². The Morgan fingerprint density at radius 2 is 1.50 bits per heavy atom. The molecule has 242 valence electrons. The average Bonchev–Trinajstić information content (AvgIpc) is 3.05. The highest BCUT2D eigenvalue weighted by Gasteiger charge is 2.34. The molecule has 8 nitrogen and oxygen atoms in total. The lowest BCUT2D eigenvalue weighted by molar-refractivity contribution is -0.140. The number of benzene rings is 4. The van der Waals surface area contributed by atoms with Crippen molar-refractivity contribution >= 4 is 50.7 Å². The van der Waals surface area contributed by atoms with Crippen LogP contribution in [0, 0.1) is 5.92 Å². The Bertz CT molecular complexity index is 1720. The van der Waals surface area contributed by atoms with Crippen LogP contribution in [-0.4, -0.2) is 51.4 Å². The SMILES string of the molecule is COc1ccc(S(=O)(=O)N(CC(=O)N(Cc2ccc(Cl)cc2)[C@@H](Cc2ccccc2)C(=O)NCC(C)C)c2cccc(Cl)c2)cc1. The van der Waals surface area contributed by atoms with Crippen LogP contribution < -0.4 is 14.4 Å². The van der Waals surface area contributed by atoms with E-state index in [2.05, 4.69) is 5.32 Å². The van der Waals surface area contributed by atoms with Gasteiger partial charge in [-0.05, 0) is 71.6 Å². The van der Waals surface area contributed by atoms with Crippen molar-refractivity contribution in [2.45, 2.75) is 37.8 Å². The monoisotopic (exact) mass is 681 g/mol. The lowest BCUT2D eigenvalue weighted by Crippen LogP contribution is -2.53. The highest BCUT2D eigenvalue weighted by Crippen LogP contribution is 2.28. The molecule has 0 aliphatic heterocycles. The summed E-state index contributed by atoms with van der Waals surface area (Å²) in [5, 5.41) is 3.80. The Hall–Kier alpha value is -4.05. The third kappa shape index (κ3) is 9.25. The Morgan fingerprint density at radius 3 is 2.11 bits per heavy atom. The fourth-order valence-electron chi connectivity index (χ4n) is 4.80. The van der Waals surface area contributed by atoms with Crippen LogP contribution in [0.15, 0.2) is 108 Å². The first-order valence-corrected chi connectivity index (χ1v) is 17.0. The summed E-state index contributed by atoms with van der Waals surface area (Å²) < 4.78 is 34.5. The van der Waals surface area contributed by atoms with Crippen molar-refractivity contribution in [1.29, 1.82) is 0 Å². The summed E-state index contributed by atoms with van der Waals surface area (Å²) in [7, 11) is -2.79. The first kappa shape index (κ1) is 34.8. The molecule has 0 heterocycles. The van der Waals surface area contributed by atoms with Crippen molar-refractivity contribution < 1.29 is 22.7 Å². The molecule has 11 heteroatoms. The van der Waals surface area contributed by atoms with Crippen LogP contribution in [0.25, 0.3) is 0 Å². The van der Waals surface area contributed by atoms with Crippen molar-refractivity contribution in [2.24, 2.45) is 5.92 Å². The first-order chi connectivity index (χ1) is 22.0. The second-order valence-electron chi connectivity index (χ2n) is 11.2. The van der Waals surface area contributed by atoms with E-state index in [-0.39, 0.29) is 35.4 Å². The molecule has 0 fully saturated rings. The Balaban J connectivity index is 1.79. The van der Waals surface area contributed by atoms with Crippen molar-refractivity contribution in [2.75, 3.05) is 24.5 Å². The topological polar surface area (TPSA) is 96.0 Å². The number of carbonyl (C=O) groups excluding carboxylic acids is 2. The molecular formula is C35H37Cl2N3O5S. The fourth-order valence-corrected chi connectivity index (χ4v) is 6.51. The van der Waals surface area contributed by atoms with Crippen LogP contribution in [-0.2, 0) is 32.6 Å². The summed E-state index contributed by atoms with van der Waals surface area (Å²) in [5.41, 5.74) is 1.77. The maximum absolute atomic E-state index is 14.5. The quantitative estimate of drug-likeness (QED) is 0.162. The largest absolute Gasteiger partial charge is 0.497 e. The van der Waals surface area contributed by atoms with Crippen LogP contribution in [0.1, 0.15) is 25.0 Å². The number of nitrogens with zero attached hydrogens (tertiary/aromatic N) is 2. The van der Waals surface area contributed by atoms with Crippen LogP contribution >= 0.6 is 23.2 Å². The smallest absolute Gasteiger partial charge is 0.264 e. The Labute approximate surface area is 280 Å². The molecular weight excluding hydrogens is 645 g/mol. The van der Waals surface area contributed by atoms with Gasteiger partial charge < -0.3 is 15.0 Å². The molecule has 0 aliphatic rings. The van der Waals surface area contributed by atoms with E-state index in [0.29, 0.717) is 22.3 Å². The van der Waals surface area contributed by atoms with Crippen molar-refractivity contribution in [3.8, 4) is 5.75 Å². The third-order valence-corrected chi connectivity index (χ3v) is 9.52. The molecule has 0 bridgehead atoms. The molecule has 0 radical (unpaired) electrons. The summed E-state index contributed by atoms with van der Waals surface area (Å²) in [6.07, 6.45) is 0.215. The summed E-state index contributed by atoms with van der Waals surface area (Å²) in [6, 6.07) is 27.6. The molecule has 4 aromatic rings. The lowest BCUT2D eigenvalue weighted by atomic mass is 10.0. The maximum atomic E-state index is 14.5. The zero-order valence-corrected chi connectivity index (χ0v) is 28.2. The first-order valence-electron chi connectivity index (χ1n) is 14.8. The van der Waals surface area contributed by atoms with Gasteiger partial charge in [0.25, 0.3) is 10.0 Å². The lowest BCUT2D eigenvalue weighted by Gasteiger charge is -2.34. The van der Waals surface area contributed by atoms with Crippen molar-refractivity contribution in [3.63, 3.8) is 0 Å². The van der Waals surface area contributed by atoms with Gasteiger partial charge in [-0.25, -0.2) is 8.42 Å². The number of sulfonamides is 1. The van der Waals surface area contributed by atoms with Gasteiger partial charge in [-0.3, -0.25) is 13.9 Å². The molecule has 2 amide bonds. The van der Waals surface area contributed by atoms with Crippen molar-refractivity contribution in [1.82, 2.24) is 10.2 Å². The number of hydrogen-bond donors (Lipinski definition) is 1. The summed E-state index contributed by atoms with van der Waals surface area (Å²) >= 11 is 12.4. The van der Waals surface area contributed by atoms with E-state index in [1.54, 1.807) is 42.5 Å². The zero-order valence-electron chi connectivity index (χ0n) is 25.9. The van der Waals surface area contributed by atoms with Gasteiger partial charge in [0.2, 0.25) is 11.8 Å². The molecule has 1 atom stereocenters. The highest BCUT2D eigenvalue weighted by atomic mass is 35.5. The highest BCUT2D eigenvalue weighted by molar-refractivity contribution is 7.92. The average molecular weight is 683 g/mol. The summed E-state index contributed by atoms with van der Waals surface area (Å²) in [6.45, 7) is 3.82. The van der Waals surface area contributed by atoms with Crippen molar-refractivity contribution in [3.05, 3.63) is 124 Å². The van der Waals surface area contributed by atoms with Gasteiger partial charge in [-0.2, -0.15) is 0 Å². The van der Waals surface area contributed by atoms with E-state index >= 15 is 0 Å². The van der Waals surface area contributed by atoms with Gasteiger partial charge in [0, 0.05) is 29.6 Å². The van der Waals surface area contributed by atoms with Gasteiger partial charge >= 0.3 is 0 Å². The predicted molar refractivity (Wildman–Crippen MR) is 183 cm³/mol. The number of amides is 2. The number of anilines is 1. The second kappa shape index (κ2) is 16.0. The fraction of sp³-hybridized carbons (Fsp3) is 0.257. The molecule has 46 heavy (non-hydrogen) atoms. The van der Waals surface area contributed by atoms with Crippen LogP contribution in [0.2, 0.25) is 10.0 Å². The zero-order chi connectivity index (χ0) is 33.3. The minimum atomic E-state index is -4.28.